The fourth-order valence-electron chi connectivity index (χ4n) is 19.7. The average molecular weight is 2010 g/mol. The van der Waals surface area contributed by atoms with Crippen molar-refractivity contribution in [1.82, 2.24) is 56.5 Å². The second-order valence-corrected chi connectivity index (χ2v) is 39.0. The number of thiazole rings is 1. The molecular weight excluding hydrogens is 1870 g/mol. The molecule has 41 heteroatoms. The minimum Gasteiger partial charge on any atom is -0.476 e. The van der Waals surface area contributed by atoms with Gasteiger partial charge in [-0.05, 0) is 179 Å². The number of amides is 10. The maximum absolute atomic E-state index is 14.0. The summed E-state index contributed by atoms with van der Waals surface area (Å²) in [6.07, 6.45) is 12.0. The van der Waals surface area contributed by atoms with Crippen molar-refractivity contribution in [3.05, 3.63) is 131 Å². The van der Waals surface area contributed by atoms with Crippen LogP contribution in [0.25, 0.3) is 21.3 Å². The normalized spacial score (nSPS) is 18.7. The summed E-state index contributed by atoms with van der Waals surface area (Å²) < 4.78 is 80.9. The molecule has 3 aromatic carbocycles. The highest BCUT2D eigenvalue weighted by Gasteiger charge is 2.66. The number of hydrogen-bond acceptors (Lipinski definition) is 30. The third-order valence-electron chi connectivity index (χ3n) is 25.6. The van der Waals surface area contributed by atoms with Crippen LogP contribution in [0.2, 0.25) is 0 Å². The number of aromatic nitrogens is 4. The fraction of sp³-hybridized carbons (Fsp3) is 0.608. The van der Waals surface area contributed by atoms with E-state index in [1.807, 2.05) is 65.0 Å². The SMILES string of the molecule is COCCOCCOCCOCCOCCOCCOCCOCCOCCOCCOCCOCC(=O)NCCCC[C@@H](NC(=O)CCCCCN1C(=O)C=CC1=O)C(=O)N[C@H](C)C(=O)N[C@H](C(=O)N[C@@H](C)C(=O)Nc1ccc(COC(=O)NCCOC23CC4(C)CC(C)(CC(Cn5ncc(-c6ccc(N7CCc8cccc(C(=O)Nc9nc%10ccccc%10s9)c8C7)nc6C(=O)O)c5C)(C4)C2)C3)cc1)C(C)C. The highest BCUT2D eigenvalue weighted by atomic mass is 32.1. The van der Waals surface area contributed by atoms with Crippen molar-refractivity contribution in [2.45, 2.75) is 188 Å². The lowest BCUT2D eigenvalue weighted by Gasteiger charge is -2.69. The molecule has 2 aliphatic heterocycles. The van der Waals surface area contributed by atoms with Gasteiger partial charge >= 0.3 is 12.1 Å². The summed E-state index contributed by atoms with van der Waals surface area (Å²) in [5, 5.41) is 38.5. The van der Waals surface area contributed by atoms with Gasteiger partial charge in [0.15, 0.2) is 10.8 Å². The van der Waals surface area contributed by atoms with Crippen LogP contribution in [-0.4, -0.2) is 317 Å². The maximum Gasteiger partial charge on any atom is 0.407 e. The van der Waals surface area contributed by atoms with Gasteiger partial charge < -0.3 is 114 Å². The first-order valence-corrected chi connectivity index (χ1v) is 50.4. The van der Waals surface area contributed by atoms with E-state index < -0.39 is 89.1 Å². The molecule has 0 saturated heterocycles. The Hall–Kier alpha value is -10.9. The molecule has 4 fully saturated rings. The molecule has 6 aromatic rings. The third kappa shape index (κ3) is 36.1. The molecule has 0 radical (unpaired) electrons. The number of nitrogens with one attached hydrogen (secondary N) is 8. The fourth-order valence-corrected chi connectivity index (χ4v) is 20.6. The number of carbonyl (C=O) groups is 11. The number of pyridine rings is 1. The largest absolute Gasteiger partial charge is 0.476 e. The van der Waals surface area contributed by atoms with Gasteiger partial charge in [-0.2, -0.15) is 5.10 Å². The number of anilines is 3. The van der Waals surface area contributed by atoms with Gasteiger partial charge in [0.2, 0.25) is 35.4 Å². The van der Waals surface area contributed by atoms with Gasteiger partial charge in [0.25, 0.3) is 17.7 Å². The van der Waals surface area contributed by atoms with E-state index in [0.717, 1.165) is 70.5 Å². The van der Waals surface area contributed by atoms with Gasteiger partial charge in [0, 0.05) is 93.0 Å². The third-order valence-corrected chi connectivity index (χ3v) is 26.5. The van der Waals surface area contributed by atoms with E-state index in [4.69, 9.17) is 76.4 Å². The molecule has 12 rings (SSSR count). The van der Waals surface area contributed by atoms with Gasteiger partial charge in [-0.3, -0.25) is 58.0 Å². The van der Waals surface area contributed by atoms with Gasteiger partial charge in [-0.15, -0.1) is 0 Å². The molecule has 2 unspecified atom stereocenters. The molecule has 10 amide bonds. The van der Waals surface area contributed by atoms with Crippen LogP contribution in [0.3, 0.4) is 0 Å². The smallest absolute Gasteiger partial charge is 0.407 e. The first kappa shape index (κ1) is 112. The molecule has 40 nitrogen and oxygen atoms in total. The van der Waals surface area contributed by atoms with Crippen molar-refractivity contribution in [3.63, 3.8) is 0 Å². The summed E-state index contributed by atoms with van der Waals surface area (Å²) in [6.45, 7) is 24.5. The Labute approximate surface area is 839 Å². The Balaban J connectivity index is 0.537. The van der Waals surface area contributed by atoms with Gasteiger partial charge in [-0.25, -0.2) is 19.6 Å². The highest BCUT2D eigenvalue weighted by molar-refractivity contribution is 7.22. The minimum atomic E-state index is -1.20. The van der Waals surface area contributed by atoms with Gasteiger partial charge in [-0.1, -0.05) is 81.9 Å². The quantitative estimate of drug-likeness (QED) is 0.0127. The molecule has 6 atom stereocenters. The summed E-state index contributed by atoms with van der Waals surface area (Å²) in [5.74, 6) is -5.65. The summed E-state index contributed by atoms with van der Waals surface area (Å²) in [5.41, 5.74) is 5.48. The number of carboxylic acid groups (broad SMARTS) is 1. The Morgan fingerprint density at radius 1 is 0.538 bits per heavy atom. The topological polar surface area (TPSA) is 484 Å². The monoisotopic (exact) mass is 2010 g/mol. The van der Waals surface area contributed by atoms with E-state index in [0.29, 0.717) is 229 Å². The van der Waals surface area contributed by atoms with Crippen LogP contribution in [0, 0.1) is 29.1 Å². The lowest BCUT2D eigenvalue weighted by atomic mass is 9.39. The number of carboxylic acids is 1. The second-order valence-electron chi connectivity index (χ2n) is 37.9. The first-order chi connectivity index (χ1) is 69.0. The molecule has 0 spiro atoms. The standard InChI is InChI=1S/C102H144N14O26S/c1-70(2)89(112-92(122)72(4)106-94(124)82(109-85(117)22-10-9-15-34-115-87(119)29-30-88(115)120)20-13-14-32-103-86(118)62-140-58-57-139-56-55-138-54-53-137-52-51-136-50-49-135-48-47-134-46-45-133-44-43-132-42-41-131-40-39-130-38-37-129-8)95(125)107-71(3)91(121)108-76-25-23-74(24-26-76)61-141-98(128)104-33-36-142-102-66-99(6)63-100(7,67-102)65-101(64-99,68-102)69-116-73(5)79(59-105-116)77-27-28-84(111-90(77)96(126)127)114-35-31-75-17-16-18-78(80(75)60-114)93(123)113-97-110-81-19-11-12-21-83(81)143-97/h11-12,16-19,21,23-30,59,70-72,82,89H,9-10,13-15,20,22,31-58,60-69H2,1-8H3,(H,103,118)(H,104,128)(H,106,124)(H,107,125)(H,108,121)(H,109,117)(H,112,122)(H,126,127)(H,110,113,123)/t71-,72+,82+,89-,99?,100?,101?,102?/m0/s1. The molecule has 4 aliphatic carbocycles. The van der Waals surface area contributed by atoms with Crippen LogP contribution < -0.4 is 47.4 Å². The lowest BCUT2D eigenvalue weighted by molar-refractivity contribution is -0.247. The number of imide groups is 1. The number of ether oxygens (including phenoxy) is 14. The van der Waals surface area contributed by atoms with Crippen LogP contribution in [0.1, 0.15) is 168 Å². The molecule has 3 aromatic heterocycles. The first-order valence-electron chi connectivity index (χ1n) is 49.6. The van der Waals surface area contributed by atoms with Crippen LogP contribution in [0.4, 0.5) is 21.4 Å². The van der Waals surface area contributed by atoms with E-state index in [-0.39, 0.29) is 99.3 Å². The predicted molar refractivity (Wildman–Crippen MR) is 530 cm³/mol. The molecule has 143 heavy (non-hydrogen) atoms. The molecule has 4 saturated carbocycles. The Kier molecular flexibility index (Phi) is 45.4. The Bertz CT molecular complexity index is 5100. The number of rotatable bonds is 69. The molecular formula is C102H144N14O26S. The van der Waals surface area contributed by atoms with Crippen molar-refractivity contribution >= 4 is 103 Å². The highest BCUT2D eigenvalue weighted by Crippen LogP contribution is 2.72. The average Bonchev–Trinajstić information content (AvgIpc) is 1.14. The summed E-state index contributed by atoms with van der Waals surface area (Å²) in [6, 6.07) is 19.2. The Morgan fingerprint density at radius 2 is 1.13 bits per heavy atom. The van der Waals surface area contributed by atoms with E-state index in [9.17, 15) is 57.8 Å². The molecule has 5 heterocycles. The van der Waals surface area contributed by atoms with E-state index in [1.165, 1.54) is 37.3 Å². The molecule has 4 bridgehead atoms. The molecule has 9 N–H and O–H groups in total. The zero-order chi connectivity index (χ0) is 102. The van der Waals surface area contributed by atoms with Crippen LogP contribution in [0.5, 0.6) is 0 Å². The van der Waals surface area contributed by atoms with Crippen molar-refractivity contribution in [2.24, 2.45) is 22.2 Å². The van der Waals surface area contributed by atoms with E-state index >= 15 is 0 Å². The molecule has 6 aliphatic rings. The number of hydrogen-bond donors (Lipinski definition) is 9. The molecule has 784 valence electrons. The number of aromatic carboxylic acids is 1. The number of alkyl carbamates (subject to hydrolysis) is 1. The van der Waals surface area contributed by atoms with Crippen LogP contribution >= 0.6 is 11.3 Å². The number of para-hydroxylation sites is 1. The van der Waals surface area contributed by atoms with E-state index in [1.54, 1.807) is 57.5 Å². The van der Waals surface area contributed by atoms with E-state index in [2.05, 4.69) is 61.4 Å². The predicted octanol–water partition coefficient (Wildman–Crippen LogP) is 8.61. The number of nitrogens with zero attached hydrogens (tertiary/aromatic N) is 6. The van der Waals surface area contributed by atoms with Gasteiger partial charge in [0.1, 0.15) is 43.2 Å². The number of carbonyl (C=O) groups excluding carboxylic acids is 10. The summed E-state index contributed by atoms with van der Waals surface area (Å²) in [4.78, 5) is 158. The van der Waals surface area contributed by atoms with Crippen molar-refractivity contribution in [3.8, 4) is 11.1 Å². The number of fused-ring (bicyclic) bond motifs is 2. The minimum absolute atomic E-state index is 0.0106. The van der Waals surface area contributed by atoms with Crippen molar-refractivity contribution in [1.29, 1.82) is 0 Å². The zero-order valence-electron chi connectivity index (χ0n) is 83.7. The zero-order valence-corrected chi connectivity index (χ0v) is 84.5. The lowest BCUT2D eigenvalue weighted by Crippen LogP contribution is -2.64. The van der Waals surface area contributed by atoms with Crippen molar-refractivity contribution in [2.75, 3.05) is 207 Å². The number of unbranched alkanes of at least 4 members (excludes halogenated alkanes) is 3. The van der Waals surface area contributed by atoms with Crippen LogP contribution in [0.15, 0.2) is 97.2 Å². The van der Waals surface area contributed by atoms with Crippen LogP contribution in [-0.2, 0) is 131 Å². The van der Waals surface area contributed by atoms with Crippen molar-refractivity contribution < 1.29 is 124 Å². The maximum atomic E-state index is 14.0. The second kappa shape index (κ2) is 57.7. The van der Waals surface area contributed by atoms with Gasteiger partial charge in [0.05, 0.1) is 174 Å². The number of benzene rings is 3. The summed E-state index contributed by atoms with van der Waals surface area (Å²) in [7, 11) is 1.63. The number of methoxy groups -OCH3 is 1. The Morgan fingerprint density at radius 3 is 1.72 bits per heavy atom. The summed E-state index contributed by atoms with van der Waals surface area (Å²) >= 11 is 1.41.